The second-order valence-corrected chi connectivity index (χ2v) is 9.36. The van der Waals surface area contributed by atoms with Gasteiger partial charge in [-0.1, -0.05) is 17.3 Å². The van der Waals surface area contributed by atoms with E-state index in [1.54, 1.807) is 12.2 Å². The van der Waals surface area contributed by atoms with Gasteiger partial charge in [0.05, 0.1) is 6.61 Å². The molecule has 2 aliphatic rings. The molecule has 1 aromatic heterocycles. The molecule has 0 radical (unpaired) electrons. The van der Waals surface area contributed by atoms with Crippen LogP contribution in [0.4, 0.5) is 5.13 Å². The maximum absolute atomic E-state index is 13.1. The number of esters is 2. The first-order valence-corrected chi connectivity index (χ1v) is 12.5. The van der Waals surface area contributed by atoms with Gasteiger partial charge in [0.15, 0.2) is 10.8 Å². The van der Waals surface area contributed by atoms with Crippen molar-refractivity contribution < 1.29 is 38.2 Å². The first kappa shape index (κ1) is 27.2. The summed E-state index contributed by atoms with van der Waals surface area (Å²) in [6.07, 6.45) is 2.19. The lowest BCUT2D eigenvalue weighted by Crippen LogP contribution is -2.71. The lowest BCUT2D eigenvalue weighted by atomic mass is 10.0. The molecule has 2 amide bonds. The zero-order chi connectivity index (χ0) is 26.4. The number of fused-ring (bicyclic) bond motifs is 1. The van der Waals surface area contributed by atoms with Crippen LogP contribution >= 0.6 is 23.1 Å². The lowest BCUT2D eigenvalue weighted by molar-refractivity contribution is -0.182. The summed E-state index contributed by atoms with van der Waals surface area (Å²) in [4.78, 5) is 60.3. The van der Waals surface area contributed by atoms with Crippen LogP contribution in [0.1, 0.15) is 19.5 Å². The quantitative estimate of drug-likeness (QED) is 0.138. The number of aromatic nitrogens is 1. The summed E-state index contributed by atoms with van der Waals surface area (Å²) in [6, 6.07) is -0.946. The number of nitrogen functional groups attached to an aromatic ring is 1. The summed E-state index contributed by atoms with van der Waals surface area (Å²) >= 11 is 2.47. The normalized spacial score (nSPS) is 20.5. The predicted molar refractivity (Wildman–Crippen MR) is 130 cm³/mol. The van der Waals surface area contributed by atoms with E-state index in [2.05, 4.69) is 15.5 Å². The number of ether oxygens (including phenoxy) is 3. The van der Waals surface area contributed by atoms with Crippen molar-refractivity contribution >= 4 is 57.7 Å². The van der Waals surface area contributed by atoms with Crippen LogP contribution in [-0.2, 0) is 38.2 Å². The zero-order valence-electron chi connectivity index (χ0n) is 19.9. The number of oxime groups is 1. The highest BCUT2D eigenvalue weighted by Gasteiger charge is 2.54. The molecule has 3 rings (SSSR count). The molecule has 1 aromatic rings. The average molecular weight is 540 g/mol. The fourth-order valence-corrected chi connectivity index (χ4v) is 5.28. The monoisotopic (exact) mass is 539 g/mol. The minimum atomic E-state index is -1.16. The molecule has 0 spiro atoms. The van der Waals surface area contributed by atoms with Crippen molar-refractivity contribution in [3.05, 3.63) is 34.5 Å². The Kier molecular flexibility index (Phi) is 9.06. The van der Waals surface area contributed by atoms with E-state index in [-0.39, 0.29) is 22.2 Å². The van der Waals surface area contributed by atoms with Crippen molar-refractivity contribution in [2.24, 2.45) is 5.16 Å². The highest BCUT2D eigenvalue weighted by molar-refractivity contribution is 8.00. The van der Waals surface area contributed by atoms with Gasteiger partial charge in [-0.05, 0) is 5.57 Å². The molecule has 1 saturated heterocycles. The largest absolute Gasteiger partial charge is 0.426 e. The molecule has 3 unspecified atom stereocenters. The molecule has 0 bridgehead atoms. The minimum Gasteiger partial charge on any atom is -0.426 e. The van der Waals surface area contributed by atoms with E-state index >= 15 is 0 Å². The summed E-state index contributed by atoms with van der Waals surface area (Å²) in [5, 5.41) is 7.54. The molecule has 0 saturated carbocycles. The highest BCUT2D eigenvalue weighted by atomic mass is 32.2. The second-order valence-electron chi connectivity index (χ2n) is 7.37. The summed E-state index contributed by atoms with van der Waals surface area (Å²) in [6.45, 7) is 2.86. The minimum absolute atomic E-state index is 0.00124. The molecule has 0 aromatic carbocycles. The first-order chi connectivity index (χ1) is 17.2. The number of anilines is 1. The Bertz CT molecular complexity index is 1130. The summed E-state index contributed by atoms with van der Waals surface area (Å²) in [5.41, 5.74) is 6.22. The number of methoxy groups -OCH3 is 1. The fraction of sp³-hybridized carbons (Fsp3) is 0.429. The van der Waals surface area contributed by atoms with Crippen LogP contribution in [0.3, 0.4) is 0 Å². The van der Waals surface area contributed by atoms with Crippen molar-refractivity contribution in [1.82, 2.24) is 15.2 Å². The van der Waals surface area contributed by atoms with Crippen molar-refractivity contribution in [2.45, 2.75) is 31.6 Å². The second kappa shape index (κ2) is 12.0. The Morgan fingerprint density at radius 1 is 1.36 bits per heavy atom. The van der Waals surface area contributed by atoms with Gasteiger partial charge in [0.2, 0.25) is 6.29 Å². The summed E-state index contributed by atoms with van der Waals surface area (Å²) < 4.78 is 15.1. The Morgan fingerprint density at radius 3 is 2.72 bits per heavy atom. The number of carbonyl (C=O) groups excluding carboxylic acids is 4. The van der Waals surface area contributed by atoms with Crippen LogP contribution in [0.15, 0.2) is 34.0 Å². The topological polar surface area (TPSA) is 172 Å². The van der Waals surface area contributed by atoms with Gasteiger partial charge < -0.3 is 30.1 Å². The van der Waals surface area contributed by atoms with Crippen molar-refractivity contribution in [2.75, 3.05) is 32.3 Å². The number of thioether (sulfide) groups is 1. The Hall–Kier alpha value is -3.43. The fourth-order valence-electron chi connectivity index (χ4n) is 3.41. The van der Waals surface area contributed by atoms with Crippen LogP contribution in [0, 0.1) is 0 Å². The van der Waals surface area contributed by atoms with E-state index in [9.17, 15) is 19.2 Å². The standard InChI is InChI=1S/C21H25N5O8S2/c1-10(27)33-11(2)34-20(30)16-12(6-5-7-31-3)8-35-19-15(18(29)26(16)19)24-17(28)14(25-32-4)13-9-36-21(22)23-13/h5-6,9,11,15,19H,7-8H2,1-4H3,(H2,22,23)(H,24,28)/b6-5-,25-14-. The van der Waals surface area contributed by atoms with E-state index in [1.807, 2.05) is 0 Å². The smallest absolute Gasteiger partial charge is 0.358 e. The molecular formula is C21H25N5O8S2. The number of hydrogen-bond donors (Lipinski definition) is 2. The molecule has 194 valence electrons. The number of hydrogen-bond acceptors (Lipinski definition) is 13. The number of nitrogens with two attached hydrogens (primary N) is 1. The maximum Gasteiger partial charge on any atom is 0.358 e. The van der Waals surface area contributed by atoms with E-state index in [1.165, 1.54) is 50.1 Å². The van der Waals surface area contributed by atoms with E-state index in [0.29, 0.717) is 17.9 Å². The Morgan fingerprint density at radius 2 is 2.11 bits per heavy atom. The Labute approximate surface area is 214 Å². The highest BCUT2D eigenvalue weighted by Crippen LogP contribution is 2.41. The number of carbonyl (C=O) groups is 4. The van der Waals surface area contributed by atoms with Gasteiger partial charge in [-0.3, -0.25) is 19.3 Å². The molecule has 1 fully saturated rings. The molecule has 15 heteroatoms. The van der Waals surface area contributed by atoms with Gasteiger partial charge in [-0.15, -0.1) is 23.1 Å². The first-order valence-electron chi connectivity index (χ1n) is 10.5. The number of rotatable bonds is 10. The molecular weight excluding hydrogens is 514 g/mol. The van der Waals surface area contributed by atoms with Crippen molar-refractivity contribution in [3.8, 4) is 0 Å². The third-order valence-corrected chi connectivity index (χ3v) is 6.80. The van der Waals surface area contributed by atoms with Crippen molar-refractivity contribution in [1.29, 1.82) is 0 Å². The molecule has 3 heterocycles. The third kappa shape index (κ3) is 6.03. The van der Waals surface area contributed by atoms with E-state index in [4.69, 9.17) is 24.8 Å². The van der Waals surface area contributed by atoms with Gasteiger partial charge >= 0.3 is 11.9 Å². The number of allylic oxidation sites excluding steroid dienone is 1. The molecule has 3 atom stereocenters. The predicted octanol–water partition coefficient (Wildman–Crippen LogP) is 0.385. The summed E-state index contributed by atoms with van der Waals surface area (Å²) in [5.74, 6) is -2.35. The molecule has 36 heavy (non-hydrogen) atoms. The van der Waals surface area contributed by atoms with Crippen LogP contribution < -0.4 is 11.1 Å². The third-order valence-electron chi connectivity index (χ3n) is 4.83. The lowest BCUT2D eigenvalue weighted by Gasteiger charge is -2.49. The van der Waals surface area contributed by atoms with Crippen LogP contribution in [0.5, 0.6) is 0 Å². The molecule has 2 aliphatic heterocycles. The van der Waals surface area contributed by atoms with Gasteiger partial charge in [-0.25, -0.2) is 9.78 Å². The zero-order valence-corrected chi connectivity index (χ0v) is 21.5. The summed E-state index contributed by atoms with van der Waals surface area (Å²) in [7, 11) is 2.79. The molecule has 0 aliphatic carbocycles. The SMILES string of the molecule is COC/C=C\C1=C(C(=O)OC(C)OC(C)=O)N2C(=O)C(NC(=O)/C(=N\OC)c3csc(N)n3)C2SC1. The van der Waals surface area contributed by atoms with Crippen LogP contribution in [0.2, 0.25) is 0 Å². The number of amides is 2. The van der Waals surface area contributed by atoms with Gasteiger partial charge in [0.25, 0.3) is 11.8 Å². The molecule has 3 N–H and O–H groups in total. The van der Waals surface area contributed by atoms with Gasteiger partial charge in [-0.2, -0.15) is 0 Å². The van der Waals surface area contributed by atoms with Gasteiger partial charge in [0, 0.05) is 32.1 Å². The number of nitrogens with one attached hydrogen (secondary N) is 1. The maximum atomic E-state index is 13.1. The molecule has 13 nitrogen and oxygen atoms in total. The number of thiazole rings is 1. The van der Waals surface area contributed by atoms with E-state index in [0.717, 1.165) is 11.3 Å². The Balaban J connectivity index is 1.82. The van der Waals surface area contributed by atoms with E-state index < -0.39 is 41.5 Å². The van der Waals surface area contributed by atoms with Crippen LogP contribution in [0.25, 0.3) is 0 Å². The van der Waals surface area contributed by atoms with Crippen LogP contribution in [-0.4, -0.2) is 83.6 Å². The number of β-lactam (4-membered cyclic amide) rings is 1. The van der Waals surface area contributed by atoms with Crippen molar-refractivity contribution in [3.63, 3.8) is 0 Å². The van der Waals surface area contributed by atoms with Gasteiger partial charge in [0.1, 0.15) is 29.9 Å². The average Bonchev–Trinajstić information content (AvgIpc) is 3.25. The number of nitrogens with zero attached hydrogens (tertiary/aromatic N) is 3.